The van der Waals surface area contributed by atoms with Gasteiger partial charge in [0.2, 0.25) is 0 Å². The standard InChI is InChI=1S/Al.Mg.H4O4Si.H2O/c;;1-5(2,3)4;/h;;1-4H;1H2. The zero-order valence-corrected chi connectivity index (χ0v) is 7.64. The lowest BCUT2D eigenvalue weighted by Gasteiger charge is -1.91. The quantitative estimate of drug-likeness (QED) is 0.273. The highest BCUT2D eigenvalue weighted by Gasteiger charge is 2.22. The van der Waals surface area contributed by atoms with Crippen LogP contribution in [0.2, 0.25) is 0 Å². The van der Waals surface area contributed by atoms with Crippen LogP contribution >= 0.6 is 0 Å². The van der Waals surface area contributed by atoms with Crippen LogP contribution in [0.25, 0.3) is 0 Å². The smallest absolute Gasteiger partial charge is 0.412 e. The molecule has 0 bridgehead atoms. The Bertz CT molecular complexity index is 27.9. The predicted molar refractivity (Wildman–Crippen MR) is 29.8 cm³/mol. The van der Waals surface area contributed by atoms with E-state index in [1.54, 1.807) is 0 Å². The van der Waals surface area contributed by atoms with Gasteiger partial charge in [-0.05, 0) is 0 Å². The highest BCUT2D eigenvalue weighted by Crippen LogP contribution is 1.67. The summed E-state index contributed by atoms with van der Waals surface area (Å²) in [6.07, 6.45) is 0. The van der Waals surface area contributed by atoms with E-state index < -0.39 is 9.05 Å². The van der Waals surface area contributed by atoms with E-state index in [1.165, 1.54) is 0 Å². The van der Waals surface area contributed by atoms with Crippen molar-refractivity contribution in [3.05, 3.63) is 0 Å². The fourth-order valence-corrected chi connectivity index (χ4v) is 0. The van der Waals surface area contributed by atoms with Crippen molar-refractivity contribution in [1.82, 2.24) is 0 Å². The van der Waals surface area contributed by atoms with Gasteiger partial charge in [-0.3, -0.25) is 0 Å². The molecule has 0 aliphatic carbocycles. The molecule has 0 aromatic rings. The zero-order chi connectivity index (χ0) is 4.50. The van der Waals surface area contributed by atoms with Gasteiger partial charge in [0.05, 0.1) is 0 Å². The first-order chi connectivity index (χ1) is 2.00. The minimum Gasteiger partial charge on any atom is -0.412 e. The molecule has 0 aromatic carbocycles. The second kappa shape index (κ2) is 8.32. The third-order valence-electron chi connectivity index (χ3n) is 0. The highest BCUT2D eigenvalue weighted by atomic mass is 28.4. The Hall–Kier alpha value is 1.32. The molecule has 45 valence electrons. The highest BCUT2D eigenvalue weighted by molar-refractivity contribution is 6.46. The third-order valence-corrected chi connectivity index (χ3v) is 0. The summed E-state index contributed by atoms with van der Waals surface area (Å²) in [4.78, 5) is 29.3. The van der Waals surface area contributed by atoms with E-state index >= 15 is 0 Å². The van der Waals surface area contributed by atoms with E-state index in [-0.39, 0.29) is 45.9 Å². The summed E-state index contributed by atoms with van der Waals surface area (Å²) >= 11 is 0. The molecule has 0 spiro atoms. The van der Waals surface area contributed by atoms with Gasteiger partial charge in [0, 0.05) is 40.4 Å². The summed E-state index contributed by atoms with van der Waals surface area (Å²) in [5.41, 5.74) is 0. The molecule has 5 radical (unpaired) electrons. The molecule has 0 fully saturated rings. The van der Waals surface area contributed by atoms with E-state index in [9.17, 15) is 0 Å². The molecule has 8 heavy (non-hydrogen) atoms. The van der Waals surface area contributed by atoms with Crippen LogP contribution in [0.1, 0.15) is 0 Å². The van der Waals surface area contributed by atoms with Crippen molar-refractivity contribution in [1.29, 1.82) is 0 Å². The van der Waals surface area contributed by atoms with Crippen molar-refractivity contribution in [3.8, 4) is 0 Å². The van der Waals surface area contributed by atoms with Crippen LogP contribution in [0.3, 0.4) is 0 Å². The third kappa shape index (κ3) is 169. The summed E-state index contributed by atoms with van der Waals surface area (Å²) in [6.45, 7) is 0. The zero-order valence-electron chi connectivity index (χ0n) is 4.07. The van der Waals surface area contributed by atoms with Gasteiger partial charge in [0.1, 0.15) is 0 Å². The van der Waals surface area contributed by atoms with Gasteiger partial charge in [-0.1, -0.05) is 0 Å². The maximum atomic E-state index is 7.33. The van der Waals surface area contributed by atoms with Crippen molar-refractivity contribution >= 4 is 49.5 Å². The lowest BCUT2D eigenvalue weighted by Crippen LogP contribution is -2.33. The van der Waals surface area contributed by atoms with Crippen LogP contribution in [-0.4, -0.2) is 74.1 Å². The Kier molecular flexibility index (Phi) is 23.7. The first kappa shape index (κ1) is 22.8. The normalized spacial score (nSPS) is 7.50. The van der Waals surface area contributed by atoms with Crippen LogP contribution < -0.4 is 0 Å². The van der Waals surface area contributed by atoms with Crippen molar-refractivity contribution in [2.75, 3.05) is 0 Å². The molecule has 0 rings (SSSR count). The van der Waals surface area contributed by atoms with Crippen molar-refractivity contribution < 1.29 is 24.7 Å². The van der Waals surface area contributed by atoms with Crippen LogP contribution in [0.15, 0.2) is 0 Å². The molecule has 0 amide bonds. The Morgan fingerprint density at radius 2 is 0.875 bits per heavy atom. The van der Waals surface area contributed by atoms with Gasteiger partial charge in [0.15, 0.2) is 0 Å². The predicted octanol–water partition coefficient (Wildman–Crippen LogP) is -4.20. The van der Waals surface area contributed by atoms with Gasteiger partial charge in [-0.15, -0.1) is 0 Å². The van der Waals surface area contributed by atoms with Gasteiger partial charge in [-0.2, -0.15) is 0 Å². The Morgan fingerprint density at radius 3 is 0.875 bits per heavy atom. The summed E-state index contributed by atoms with van der Waals surface area (Å²) in [7, 11) is -4.61. The molecule has 0 aliphatic rings. The van der Waals surface area contributed by atoms with Crippen LogP contribution in [0, 0.1) is 0 Å². The van der Waals surface area contributed by atoms with Crippen molar-refractivity contribution in [2.45, 2.75) is 0 Å². The van der Waals surface area contributed by atoms with E-state index in [0.29, 0.717) is 0 Å². The lowest BCUT2D eigenvalue weighted by atomic mass is 15.7. The molecule has 8 heteroatoms. The van der Waals surface area contributed by atoms with Gasteiger partial charge >= 0.3 is 9.05 Å². The number of hydrogen-bond acceptors (Lipinski definition) is 4. The second-order valence-electron chi connectivity index (χ2n) is 0.600. The molecular formula is H6AlMgO5Si. The molecule has 0 aliphatic heterocycles. The van der Waals surface area contributed by atoms with Crippen LogP contribution in [-0.2, 0) is 0 Å². The lowest BCUT2D eigenvalue weighted by molar-refractivity contribution is 0.117. The number of rotatable bonds is 0. The van der Waals surface area contributed by atoms with Crippen molar-refractivity contribution in [2.24, 2.45) is 0 Å². The molecule has 5 nitrogen and oxygen atoms in total. The minimum absolute atomic E-state index is 0. The van der Waals surface area contributed by atoms with Crippen LogP contribution in [0.5, 0.6) is 0 Å². The van der Waals surface area contributed by atoms with Crippen LogP contribution in [0.4, 0.5) is 0 Å². The fourth-order valence-electron chi connectivity index (χ4n) is 0. The second-order valence-corrected chi connectivity index (χ2v) is 1.80. The Labute approximate surface area is 74.0 Å². The van der Waals surface area contributed by atoms with Gasteiger partial charge in [0.25, 0.3) is 0 Å². The average Bonchev–Trinajstić information content (AvgIpc) is 0.722. The summed E-state index contributed by atoms with van der Waals surface area (Å²) in [6, 6.07) is 0. The molecule has 0 saturated carbocycles. The molecule has 0 atom stereocenters. The van der Waals surface area contributed by atoms with E-state index in [2.05, 4.69) is 0 Å². The SMILES string of the molecule is O.O[Si](O)(O)O.[Al].[Mg]. The Morgan fingerprint density at radius 1 is 0.875 bits per heavy atom. The van der Waals surface area contributed by atoms with Gasteiger partial charge < -0.3 is 24.7 Å². The molecule has 0 heterocycles. The fraction of sp³-hybridized carbons (Fsp3) is 0. The molecule has 6 N–H and O–H groups in total. The summed E-state index contributed by atoms with van der Waals surface area (Å²) < 4.78 is 0. The molecule has 0 aromatic heterocycles. The first-order valence-electron chi connectivity index (χ1n) is 0.894. The average molecular weight is 165 g/mol. The maximum absolute atomic E-state index is 7.33. The first-order valence-corrected chi connectivity index (χ1v) is 2.68. The van der Waals surface area contributed by atoms with E-state index in [4.69, 9.17) is 19.2 Å². The monoisotopic (exact) mass is 165 g/mol. The van der Waals surface area contributed by atoms with E-state index in [1.807, 2.05) is 0 Å². The molecule has 0 saturated heterocycles. The Balaban J connectivity index is -0.0000000267. The van der Waals surface area contributed by atoms with E-state index in [0.717, 1.165) is 0 Å². The van der Waals surface area contributed by atoms with Gasteiger partial charge in [-0.25, -0.2) is 0 Å². The largest absolute Gasteiger partial charge is 0.668 e. The molecular weight excluding hydrogens is 159 g/mol. The summed E-state index contributed by atoms with van der Waals surface area (Å²) in [5.74, 6) is 0. The topological polar surface area (TPSA) is 112 Å². The van der Waals surface area contributed by atoms with Crippen molar-refractivity contribution in [3.63, 3.8) is 0 Å². The number of hydrogen-bond donors (Lipinski definition) is 4. The minimum atomic E-state index is -4.61. The maximum Gasteiger partial charge on any atom is 0.668 e. The molecule has 0 unspecified atom stereocenters. The summed E-state index contributed by atoms with van der Waals surface area (Å²) in [5, 5.41) is 0.